The number of aliphatic carboxylic acids is 1. The molecule has 5 heteroatoms. The van der Waals surface area contributed by atoms with E-state index >= 15 is 0 Å². The van der Waals surface area contributed by atoms with Gasteiger partial charge in [-0.15, -0.1) is 0 Å². The van der Waals surface area contributed by atoms with E-state index in [-0.39, 0.29) is 5.91 Å². The second kappa shape index (κ2) is 6.30. The molecule has 1 atom stereocenters. The zero-order valence-electron chi connectivity index (χ0n) is 14.3. The molecule has 2 heterocycles. The Morgan fingerprint density at radius 2 is 2.12 bits per heavy atom. The van der Waals surface area contributed by atoms with E-state index in [0.29, 0.717) is 25.9 Å². The number of piperidine rings is 1. The number of carboxylic acids is 1. The summed E-state index contributed by atoms with van der Waals surface area (Å²) < 4.78 is 0. The van der Waals surface area contributed by atoms with Crippen LogP contribution >= 0.6 is 0 Å². The van der Waals surface area contributed by atoms with Crippen LogP contribution < -0.4 is 0 Å². The molecule has 2 aromatic rings. The Balaban J connectivity index is 1.79. The molecular formula is C19H24N2O3. The second-order valence-corrected chi connectivity index (χ2v) is 6.97. The Morgan fingerprint density at radius 3 is 2.83 bits per heavy atom. The maximum atomic E-state index is 12.7. The minimum absolute atomic E-state index is 0.00461. The third kappa shape index (κ3) is 2.90. The van der Waals surface area contributed by atoms with E-state index in [4.69, 9.17) is 0 Å². The third-order valence-corrected chi connectivity index (χ3v) is 5.18. The lowest BCUT2D eigenvalue weighted by molar-refractivity contribution is -0.153. The number of rotatable bonds is 4. The number of carbonyl (C=O) groups excluding carboxylic acids is 1. The lowest BCUT2D eigenvalue weighted by Gasteiger charge is -2.37. The maximum Gasteiger partial charge on any atom is 0.311 e. The number of benzene rings is 1. The molecule has 24 heavy (non-hydrogen) atoms. The van der Waals surface area contributed by atoms with Crippen molar-refractivity contribution in [1.82, 2.24) is 9.88 Å². The number of amides is 1. The summed E-state index contributed by atoms with van der Waals surface area (Å²) in [5, 5.41) is 10.5. The smallest absolute Gasteiger partial charge is 0.311 e. The van der Waals surface area contributed by atoms with Crippen LogP contribution in [0, 0.1) is 5.41 Å². The summed E-state index contributed by atoms with van der Waals surface area (Å²) in [5.74, 6) is -0.815. The number of hydrogen-bond acceptors (Lipinski definition) is 2. The van der Waals surface area contributed by atoms with Crippen molar-refractivity contribution in [3.8, 4) is 0 Å². The highest BCUT2D eigenvalue weighted by atomic mass is 16.4. The van der Waals surface area contributed by atoms with Crippen molar-refractivity contribution in [2.45, 2.75) is 39.5 Å². The molecule has 1 aromatic carbocycles. The van der Waals surface area contributed by atoms with Crippen molar-refractivity contribution in [2.75, 3.05) is 13.1 Å². The van der Waals surface area contributed by atoms with Gasteiger partial charge in [0.1, 0.15) is 0 Å². The van der Waals surface area contributed by atoms with Crippen molar-refractivity contribution in [3.05, 3.63) is 35.5 Å². The van der Waals surface area contributed by atoms with Crippen LogP contribution in [0.3, 0.4) is 0 Å². The van der Waals surface area contributed by atoms with Gasteiger partial charge in [0, 0.05) is 30.2 Å². The first-order valence-corrected chi connectivity index (χ1v) is 8.53. The molecule has 0 spiro atoms. The molecule has 1 saturated heterocycles. The Kier molecular flexibility index (Phi) is 4.35. The fourth-order valence-corrected chi connectivity index (χ4v) is 3.62. The summed E-state index contributed by atoms with van der Waals surface area (Å²) in [6.45, 7) is 4.78. The number of hydrogen-bond donors (Lipinski definition) is 2. The number of para-hydroxylation sites is 1. The normalized spacial score (nSPS) is 21.2. The number of aryl methyl sites for hydroxylation is 1. The van der Waals surface area contributed by atoms with Gasteiger partial charge in [0.25, 0.3) is 0 Å². The molecule has 5 nitrogen and oxygen atoms in total. The van der Waals surface area contributed by atoms with Crippen molar-refractivity contribution < 1.29 is 14.7 Å². The number of H-pyrrole nitrogens is 1. The van der Waals surface area contributed by atoms with Crippen LogP contribution in [0.15, 0.2) is 24.4 Å². The zero-order valence-corrected chi connectivity index (χ0v) is 14.3. The topological polar surface area (TPSA) is 73.4 Å². The summed E-state index contributed by atoms with van der Waals surface area (Å²) in [6, 6.07) is 6.14. The number of nitrogens with zero attached hydrogens (tertiary/aromatic N) is 1. The van der Waals surface area contributed by atoms with Crippen LogP contribution in [0.4, 0.5) is 0 Å². The first-order valence-electron chi connectivity index (χ1n) is 8.53. The number of likely N-dealkylation sites (tertiary alicyclic amines) is 1. The van der Waals surface area contributed by atoms with Gasteiger partial charge >= 0.3 is 5.97 Å². The van der Waals surface area contributed by atoms with Gasteiger partial charge < -0.3 is 15.0 Å². The largest absolute Gasteiger partial charge is 0.481 e. The molecule has 2 N–H and O–H groups in total. The quantitative estimate of drug-likeness (QED) is 0.906. The van der Waals surface area contributed by atoms with Crippen molar-refractivity contribution in [2.24, 2.45) is 5.41 Å². The van der Waals surface area contributed by atoms with Crippen LogP contribution in [-0.2, 0) is 22.4 Å². The average molecular weight is 328 g/mol. The van der Waals surface area contributed by atoms with Gasteiger partial charge in [-0.2, -0.15) is 0 Å². The lowest BCUT2D eigenvalue weighted by atomic mass is 9.82. The van der Waals surface area contributed by atoms with Gasteiger partial charge in [0.15, 0.2) is 0 Å². The van der Waals surface area contributed by atoms with Gasteiger partial charge in [-0.25, -0.2) is 0 Å². The van der Waals surface area contributed by atoms with Gasteiger partial charge in [0.2, 0.25) is 5.91 Å². The van der Waals surface area contributed by atoms with Crippen molar-refractivity contribution >= 4 is 22.8 Å². The molecule has 1 amide bonds. The van der Waals surface area contributed by atoms with E-state index in [0.717, 1.165) is 29.3 Å². The Morgan fingerprint density at radius 1 is 1.33 bits per heavy atom. The highest BCUT2D eigenvalue weighted by Gasteiger charge is 2.39. The number of aromatic nitrogens is 1. The molecule has 1 aromatic heterocycles. The Labute approximate surface area is 141 Å². The summed E-state index contributed by atoms with van der Waals surface area (Å²) in [5.41, 5.74) is 2.48. The predicted molar refractivity (Wildman–Crippen MR) is 92.9 cm³/mol. The molecule has 3 rings (SSSR count). The summed E-state index contributed by atoms with van der Waals surface area (Å²) in [6.07, 6.45) is 4.51. The summed E-state index contributed by atoms with van der Waals surface area (Å²) in [7, 11) is 0. The molecule has 1 aliphatic heterocycles. The third-order valence-electron chi connectivity index (χ3n) is 5.18. The number of carboxylic acid groups (broad SMARTS) is 1. The molecule has 0 saturated carbocycles. The van der Waals surface area contributed by atoms with E-state index in [2.05, 4.69) is 18.0 Å². The molecule has 0 aliphatic carbocycles. The monoisotopic (exact) mass is 328 g/mol. The zero-order chi connectivity index (χ0) is 17.3. The van der Waals surface area contributed by atoms with Gasteiger partial charge in [-0.3, -0.25) is 9.59 Å². The van der Waals surface area contributed by atoms with Crippen LogP contribution in [-0.4, -0.2) is 40.0 Å². The van der Waals surface area contributed by atoms with Gasteiger partial charge in [0.05, 0.1) is 11.8 Å². The number of nitrogens with one attached hydrogen (secondary N) is 1. The standard InChI is InChI=1S/C19H24N2O3/c1-3-13-6-4-7-15-14(11-20-17(13)15)10-16(22)21-9-5-8-19(2,12-21)18(23)24/h4,6-7,11,20H,3,5,8-10,12H2,1-2H3,(H,23,24). The first kappa shape index (κ1) is 16.6. The highest BCUT2D eigenvalue weighted by molar-refractivity contribution is 5.91. The maximum absolute atomic E-state index is 12.7. The highest BCUT2D eigenvalue weighted by Crippen LogP contribution is 2.30. The van der Waals surface area contributed by atoms with E-state index in [1.54, 1.807) is 11.8 Å². The van der Waals surface area contributed by atoms with E-state index in [9.17, 15) is 14.7 Å². The minimum Gasteiger partial charge on any atom is -0.481 e. The minimum atomic E-state index is -0.830. The fourth-order valence-electron chi connectivity index (χ4n) is 3.62. The van der Waals surface area contributed by atoms with Gasteiger partial charge in [-0.05, 0) is 37.3 Å². The van der Waals surface area contributed by atoms with E-state index < -0.39 is 11.4 Å². The second-order valence-electron chi connectivity index (χ2n) is 6.97. The summed E-state index contributed by atoms with van der Waals surface area (Å²) >= 11 is 0. The van der Waals surface area contributed by atoms with Crippen LogP contribution in [0.25, 0.3) is 10.9 Å². The molecule has 0 radical (unpaired) electrons. The number of carbonyl (C=O) groups is 2. The molecule has 1 aliphatic rings. The van der Waals surface area contributed by atoms with Crippen LogP contribution in [0.5, 0.6) is 0 Å². The summed E-state index contributed by atoms with van der Waals surface area (Å²) in [4.78, 5) is 29.2. The number of aromatic amines is 1. The Hall–Kier alpha value is -2.30. The lowest BCUT2D eigenvalue weighted by Crippen LogP contribution is -2.48. The number of fused-ring (bicyclic) bond motifs is 1. The van der Waals surface area contributed by atoms with Crippen LogP contribution in [0.2, 0.25) is 0 Å². The molecule has 128 valence electrons. The SMILES string of the molecule is CCc1cccc2c(CC(=O)N3CCCC(C)(C(=O)O)C3)c[nH]c12. The molecular weight excluding hydrogens is 304 g/mol. The fraction of sp³-hybridized carbons (Fsp3) is 0.474. The molecule has 1 fully saturated rings. The van der Waals surface area contributed by atoms with Crippen molar-refractivity contribution in [1.29, 1.82) is 0 Å². The van der Waals surface area contributed by atoms with Gasteiger partial charge in [-0.1, -0.05) is 25.1 Å². The van der Waals surface area contributed by atoms with E-state index in [1.807, 2.05) is 18.3 Å². The van der Waals surface area contributed by atoms with Crippen LogP contribution in [0.1, 0.15) is 37.8 Å². The van der Waals surface area contributed by atoms with E-state index in [1.165, 1.54) is 5.56 Å². The molecule has 0 bridgehead atoms. The predicted octanol–water partition coefficient (Wildman–Crippen LogP) is 2.99. The first-order chi connectivity index (χ1) is 11.4. The van der Waals surface area contributed by atoms with Crippen molar-refractivity contribution in [3.63, 3.8) is 0 Å². The molecule has 1 unspecified atom stereocenters. The Bertz CT molecular complexity index is 780. The average Bonchev–Trinajstić information content (AvgIpc) is 2.98.